The van der Waals surface area contributed by atoms with Crippen molar-refractivity contribution in [2.24, 2.45) is 0 Å². The summed E-state index contributed by atoms with van der Waals surface area (Å²) in [4.78, 5) is 20.9. The van der Waals surface area contributed by atoms with Crippen molar-refractivity contribution in [1.29, 1.82) is 0 Å². The number of rotatable bonds is 4. The fourth-order valence-electron chi connectivity index (χ4n) is 2.45. The fraction of sp³-hybridized carbons (Fsp3) is 0.0556. The average Bonchev–Trinajstić information content (AvgIpc) is 3.20. The van der Waals surface area contributed by atoms with Crippen LogP contribution in [-0.4, -0.2) is 20.3 Å². The molecule has 0 spiro atoms. The first-order chi connectivity index (χ1) is 12.2. The van der Waals surface area contributed by atoms with Crippen molar-refractivity contribution in [1.82, 2.24) is 19.7 Å². The van der Waals surface area contributed by atoms with Gasteiger partial charge in [0.1, 0.15) is 10.7 Å². The van der Waals surface area contributed by atoms with Crippen LogP contribution in [0.2, 0.25) is 0 Å². The van der Waals surface area contributed by atoms with Crippen LogP contribution in [-0.2, 0) is 11.3 Å². The Morgan fingerprint density at radius 2 is 2.08 bits per heavy atom. The van der Waals surface area contributed by atoms with E-state index in [-0.39, 0.29) is 5.91 Å². The normalized spacial score (nSPS) is 11.6. The van der Waals surface area contributed by atoms with Crippen LogP contribution in [0.15, 0.2) is 59.3 Å². The highest BCUT2D eigenvalue weighted by Crippen LogP contribution is 2.22. The van der Waals surface area contributed by atoms with E-state index < -0.39 is 0 Å². The maximum Gasteiger partial charge on any atom is 0.244 e. The van der Waals surface area contributed by atoms with Gasteiger partial charge in [-0.15, -0.1) is 11.3 Å². The SMILES string of the molecule is O=C(/C=C/c1nc2ccccc2s1)NCc1cn2cc(Br)ccc2n1. The van der Waals surface area contributed by atoms with E-state index in [1.165, 1.54) is 6.08 Å². The molecule has 0 saturated heterocycles. The van der Waals surface area contributed by atoms with Crippen LogP contribution in [0.5, 0.6) is 0 Å². The number of thiazole rings is 1. The molecule has 5 nitrogen and oxygen atoms in total. The number of aromatic nitrogens is 3. The van der Waals surface area contributed by atoms with Crippen LogP contribution in [0, 0.1) is 0 Å². The lowest BCUT2D eigenvalue weighted by Gasteiger charge is -1.97. The van der Waals surface area contributed by atoms with Crippen molar-refractivity contribution in [2.45, 2.75) is 6.54 Å². The Morgan fingerprint density at radius 3 is 2.96 bits per heavy atom. The molecule has 124 valence electrons. The van der Waals surface area contributed by atoms with Gasteiger partial charge in [0.05, 0.1) is 22.5 Å². The second kappa shape index (κ2) is 6.78. The standard InChI is InChI=1S/C18H13BrN4OS/c19-12-5-6-16-21-13(11-23(16)10-12)9-20-17(24)7-8-18-22-14-3-1-2-4-15(14)25-18/h1-8,10-11H,9H2,(H,20,24)/b8-7+. The first kappa shape index (κ1) is 16.0. The molecule has 0 aliphatic carbocycles. The van der Waals surface area contributed by atoms with Gasteiger partial charge in [-0.25, -0.2) is 9.97 Å². The summed E-state index contributed by atoms with van der Waals surface area (Å²) in [5.74, 6) is -0.169. The number of pyridine rings is 1. The summed E-state index contributed by atoms with van der Waals surface area (Å²) in [7, 11) is 0. The summed E-state index contributed by atoms with van der Waals surface area (Å²) in [6.07, 6.45) is 7.07. The largest absolute Gasteiger partial charge is 0.347 e. The van der Waals surface area contributed by atoms with Crippen LogP contribution >= 0.6 is 27.3 Å². The molecule has 4 aromatic rings. The van der Waals surface area contributed by atoms with Crippen LogP contribution in [0.3, 0.4) is 0 Å². The Hall–Kier alpha value is -2.51. The number of hydrogen-bond donors (Lipinski definition) is 1. The van der Waals surface area contributed by atoms with Crippen molar-refractivity contribution >= 4 is 55.1 Å². The predicted octanol–water partition coefficient (Wildman–Crippen LogP) is 4.04. The van der Waals surface area contributed by atoms with Gasteiger partial charge in [0, 0.05) is 22.9 Å². The summed E-state index contributed by atoms with van der Waals surface area (Å²) < 4.78 is 4.01. The summed E-state index contributed by atoms with van der Waals surface area (Å²) in [6, 6.07) is 11.8. The van der Waals surface area contributed by atoms with Crippen molar-refractivity contribution in [2.75, 3.05) is 0 Å². The topological polar surface area (TPSA) is 59.3 Å². The van der Waals surface area contributed by atoms with E-state index in [9.17, 15) is 4.79 Å². The van der Waals surface area contributed by atoms with Gasteiger partial charge in [-0.1, -0.05) is 12.1 Å². The van der Waals surface area contributed by atoms with Gasteiger partial charge < -0.3 is 9.72 Å². The number of fused-ring (bicyclic) bond motifs is 2. The molecule has 0 unspecified atom stereocenters. The molecule has 4 rings (SSSR count). The highest BCUT2D eigenvalue weighted by atomic mass is 79.9. The number of imidazole rings is 1. The minimum atomic E-state index is -0.169. The number of carbonyl (C=O) groups excluding carboxylic acids is 1. The molecule has 7 heteroatoms. The molecule has 3 aromatic heterocycles. The molecule has 0 atom stereocenters. The van der Waals surface area contributed by atoms with E-state index in [0.29, 0.717) is 6.54 Å². The Labute approximate surface area is 156 Å². The van der Waals surface area contributed by atoms with E-state index in [0.717, 1.165) is 31.0 Å². The van der Waals surface area contributed by atoms with Crippen molar-refractivity contribution in [3.63, 3.8) is 0 Å². The summed E-state index contributed by atoms with van der Waals surface area (Å²) in [6.45, 7) is 0.377. The number of amides is 1. The zero-order valence-electron chi connectivity index (χ0n) is 13.0. The molecule has 0 radical (unpaired) electrons. The Bertz CT molecular complexity index is 1070. The molecule has 0 bridgehead atoms. The van der Waals surface area contributed by atoms with Gasteiger partial charge in [-0.2, -0.15) is 0 Å². The quantitative estimate of drug-likeness (QED) is 0.514. The first-order valence-electron chi connectivity index (χ1n) is 7.62. The number of halogens is 1. The maximum absolute atomic E-state index is 12.0. The van der Waals surface area contributed by atoms with Crippen LogP contribution in [0.25, 0.3) is 21.9 Å². The molecular formula is C18H13BrN4OS. The number of nitrogens with one attached hydrogen (secondary N) is 1. The highest BCUT2D eigenvalue weighted by molar-refractivity contribution is 9.10. The number of hydrogen-bond acceptors (Lipinski definition) is 4. The first-order valence-corrected chi connectivity index (χ1v) is 9.23. The number of nitrogens with zero attached hydrogens (tertiary/aromatic N) is 3. The minimum absolute atomic E-state index is 0.169. The van der Waals surface area contributed by atoms with Gasteiger partial charge in [-0.3, -0.25) is 4.79 Å². The van der Waals surface area contributed by atoms with Crippen LogP contribution < -0.4 is 5.32 Å². The number of para-hydroxylation sites is 1. The second-order valence-corrected chi connectivity index (χ2v) is 7.39. The third-order valence-corrected chi connectivity index (χ3v) is 5.07. The summed E-state index contributed by atoms with van der Waals surface area (Å²) >= 11 is 4.99. The van der Waals surface area contributed by atoms with Crippen LogP contribution in [0.1, 0.15) is 10.7 Å². The van der Waals surface area contributed by atoms with E-state index in [4.69, 9.17) is 0 Å². The predicted molar refractivity (Wildman–Crippen MR) is 103 cm³/mol. The van der Waals surface area contributed by atoms with Gasteiger partial charge in [-0.05, 0) is 46.3 Å². The Kier molecular flexibility index (Phi) is 4.33. The van der Waals surface area contributed by atoms with E-state index in [1.54, 1.807) is 17.4 Å². The van der Waals surface area contributed by atoms with Crippen molar-refractivity contribution in [3.05, 3.63) is 70.0 Å². The molecule has 1 aromatic carbocycles. The van der Waals surface area contributed by atoms with E-state index in [2.05, 4.69) is 31.2 Å². The lowest BCUT2D eigenvalue weighted by atomic mass is 10.3. The molecule has 0 aliphatic heterocycles. The van der Waals surface area contributed by atoms with Gasteiger partial charge in [0.2, 0.25) is 5.91 Å². The smallest absolute Gasteiger partial charge is 0.244 e. The van der Waals surface area contributed by atoms with Gasteiger partial charge in [0.15, 0.2) is 0 Å². The van der Waals surface area contributed by atoms with E-state index >= 15 is 0 Å². The minimum Gasteiger partial charge on any atom is -0.347 e. The summed E-state index contributed by atoms with van der Waals surface area (Å²) in [5, 5.41) is 3.66. The van der Waals surface area contributed by atoms with Crippen molar-refractivity contribution in [3.8, 4) is 0 Å². The van der Waals surface area contributed by atoms with Gasteiger partial charge >= 0.3 is 0 Å². The third-order valence-electron chi connectivity index (χ3n) is 3.60. The third kappa shape index (κ3) is 3.62. The molecule has 1 amide bonds. The summed E-state index contributed by atoms with van der Waals surface area (Å²) in [5.41, 5.74) is 2.60. The Morgan fingerprint density at radius 1 is 1.20 bits per heavy atom. The zero-order valence-corrected chi connectivity index (χ0v) is 15.4. The van der Waals surface area contributed by atoms with E-state index in [1.807, 2.05) is 53.2 Å². The maximum atomic E-state index is 12.0. The second-order valence-electron chi connectivity index (χ2n) is 5.42. The Balaban J connectivity index is 1.40. The molecule has 1 N–H and O–H groups in total. The number of benzene rings is 1. The molecule has 0 fully saturated rings. The number of carbonyl (C=O) groups is 1. The monoisotopic (exact) mass is 412 g/mol. The zero-order chi connectivity index (χ0) is 17.2. The lowest BCUT2D eigenvalue weighted by molar-refractivity contribution is -0.116. The molecule has 0 saturated carbocycles. The van der Waals surface area contributed by atoms with Crippen LogP contribution in [0.4, 0.5) is 0 Å². The molecule has 25 heavy (non-hydrogen) atoms. The lowest BCUT2D eigenvalue weighted by Crippen LogP contribution is -2.20. The highest BCUT2D eigenvalue weighted by Gasteiger charge is 2.04. The molecule has 0 aliphatic rings. The van der Waals surface area contributed by atoms with Gasteiger partial charge in [0.25, 0.3) is 0 Å². The average molecular weight is 413 g/mol. The molecule has 3 heterocycles. The van der Waals surface area contributed by atoms with Crippen molar-refractivity contribution < 1.29 is 4.79 Å². The molecular weight excluding hydrogens is 400 g/mol. The fourth-order valence-corrected chi connectivity index (χ4v) is 3.67.